The number of piperidine rings is 1. The zero-order valence-corrected chi connectivity index (χ0v) is 9.34. The van der Waals surface area contributed by atoms with E-state index in [1.165, 1.54) is 18.4 Å². The molecule has 0 aliphatic carbocycles. The molecular weight excluding hydrogens is 170 g/mol. The Labute approximate surface area is 87.6 Å². The first kappa shape index (κ1) is 11.3. The Hall–Kier alpha value is -0.820. The standard InChI is InChI=1S/C13H21N/c1-4-12(6-5-11(2)3)13-7-9-14-10-8-13/h4-6,13-14H,2,7-10H2,1,3H3/b6-5-,12-4+. The highest BCUT2D eigenvalue weighted by Gasteiger charge is 2.14. The summed E-state index contributed by atoms with van der Waals surface area (Å²) in [5.41, 5.74) is 2.59. The molecule has 1 saturated heterocycles. The molecule has 0 bridgehead atoms. The van der Waals surface area contributed by atoms with Crippen LogP contribution in [0.3, 0.4) is 0 Å². The van der Waals surface area contributed by atoms with Gasteiger partial charge in [0.15, 0.2) is 0 Å². The molecule has 1 rings (SSSR count). The number of rotatable bonds is 3. The molecule has 14 heavy (non-hydrogen) atoms. The Morgan fingerprint density at radius 2 is 1.93 bits per heavy atom. The quantitative estimate of drug-likeness (QED) is 0.676. The maximum absolute atomic E-state index is 3.88. The molecule has 1 nitrogen and oxygen atoms in total. The average molecular weight is 191 g/mol. The lowest BCUT2D eigenvalue weighted by Gasteiger charge is -2.23. The fourth-order valence-electron chi connectivity index (χ4n) is 1.86. The second-order valence-electron chi connectivity index (χ2n) is 3.99. The Kier molecular flexibility index (Phi) is 4.68. The molecule has 1 aliphatic heterocycles. The molecule has 0 unspecified atom stereocenters. The molecule has 0 saturated carbocycles. The van der Waals surface area contributed by atoms with Gasteiger partial charge < -0.3 is 5.32 Å². The largest absolute Gasteiger partial charge is 0.317 e. The monoisotopic (exact) mass is 191 g/mol. The van der Waals surface area contributed by atoms with Crippen LogP contribution >= 0.6 is 0 Å². The van der Waals surface area contributed by atoms with Gasteiger partial charge in [0.1, 0.15) is 0 Å². The van der Waals surface area contributed by atoms with Gasteiger partial charge in [-0.15, -0.1) is 0 Å². The third kappa shape index (κ3) is 3.51. The first-order valence-corrected chi connectivity index (χ1v) is 5.44. The van der Waals surface area contributed by atoms with Gasteiger partial charge in [0.05, 0.1) is 0 Å². The molecule has 0 aromatic heterocycles. The van der Waals surface area contributed by atoms with E-state index in [-0.39, 0.29) is 0 Å². The van der Waals surface area contributed by atoms with E-state index in [1.807, 2.05) is 6.92 Å². The second kappa shape index (κ2) is 5.82. The number of hydrogen-bond donors (Lipinski definition) is 1. The van der Waals surface area contributed by atoms with Crippen LogP contribution in [0, 0.1) is 5.92 Å². The lowest BCUT2D eigenvalue weighted by Crippen LogP contribution is -2.28. The van der Waals surface area contributed by atoms with Crippen molar-refractivity contribution in [3.8, 4) is 0 Å². The van der Waals surface area contributed by atoms with Crippen LogP contribution < -0.4 is 5.32 Å². The van der Waals surface area contributed by atoms with E-state index in [2.05, 4.69) is 37.0 Å². The van der Waals surface area contributed by atoms with Gasteiger partial charge in [0, 0.05) is 0 Å². The van der Waals surface area contributed by atoms with E-state index in [1.54, 1.807) is 0 Å². The molecule has 0 atom stereocenters. The van der Waals surface area contributed by atoms with Crippen LogP contribution in [0.25, 0.3) is 0 Å². The third-order valence-corrected chi connectivity index (χ3v) is 2.70. The summed E-state index contributed by atoms with van der Waals surface area (Å²) in [5.74, 6) is 0.747. The maximum atomic E-state index is 3.88. The summed E-state index contributed by atoms with van der Waals surface area (Å²) in [7, 11) is 0. The van der Waals surface area contributed by atoms with Crippen LogP contribution in [0.5, 0.6) is 0 Å². The highest BCUT2D eigenvalue weighted by molar-refractivity contribution is 5.27. The van der Waals surface area contributed by atoms with Crippen molar-refractivity contribution in [2.75, 3.05) is 13.1 Å². The van der Waals surface area contributed by atoms with Crippen LogP contribution in [0.15, 0.2) is 36.0 Å². The van der Waals surface area contributed by atoms with E-state index < -0.39 is 0 Å². The van der Waals surface area contributed by atoms with Crippen molar-refractivity contribution in [2.24, 2.45) is 5.92 Å². The third-order valence-electron chi connectivity index (χ3n) is 2.70. The minimum Gasteiger partial charge on any atom is -0.317 e. The zero-order chi connectivity index (χ0) is 10.4. The minimum absolute atomic E-state index is 0.747. The highest BCUT2D eigenvalue weighted by atomic mass is 14.9. The summed E-state index contributed by atoms with van der Waals surface area (Å²) >= 11 is 0. The SMILES string of the molecule is C=C(C)/C=C\C(=C/C)C1CCNCC1. The molecule has 1 N–H and O–H groups in total. The number of allylic oxidation sites excluding steroid dienone is 5. The van der Waals surface area contributed by atoms with E-state index in [9.17, 15) is 0 Å². The van der Waals surface area contributed by atoms with E-state index >= 15 is 0 Å². The van der Waals surface area contributed by atoms with Crippen molar-refractivity contribution in [3.63, 3.8) is 0 Å². The number of hydrogen-bond acceptors (Lipinski definition) is 1. The smallest absolute Gasteiger partial charge is 0.00431 e. The predicted molar refractivity (Wildman–Crippen MR) is 63.3 cm³/mol. The van der Waals surface area contributed by atoms with Crippen LogP contribution in [-0.4, -0.2) is 13.1 Å². The van der Waals surface area contributed by atoms with Crippen molar-refractivity contribution in [1.82, 2.24) is 5.32 Å². The summed E-state index contributed by atoms with van der Waals surface area (Å²) in [6.45, 7) is 10.4. The van der Waals surface area contributed by atoms with Gasteiger partial charge in [-0.2, -0.15) is 0 Å². The lowest BCUT2D eigenvalue weighted by molar-refractivity contribution is 0.425. The first-order valence-electron chi connectivity index (χ1n) is 5.44. The van der Waals surface area contributed by atoms with Gasteiger partial charge in [-0.05, 0) is 51.3 Å². The van der Waals surface area contributed by atoms with Gasteiger partial charge in [-0.3, -0.25) is 0 Å². The molecule has 0 amide bonds. The molecule has 1 heteroatoms. The summed E-state index contributed by atoms with van der Waals surface area (Å²) < 4.78 is 0. The lowest BCUT2D eigenvalue weighted by atomic mass is 9.89. The fourth-order valence-corrected chi connectivity index (χ4v) is 1.86. The van der Waals surface area contributed by atoms with Crippen LogP contribution in [0.4, 0.5) is 0 Å². The van der Waals surface area contributed by atoms with Gasteiger partial charge >= 0.3 is 0 Å². The molecular formula is C13H21N. The van der Waals surface area contributed by atoms with Crippen molar-refractivity contribution >= 4 is 0 Å². The van der Waals surface area contributed by atoms with Crippen LogP contribution in [0.2, 0.25) is 0 Å². The Morgan fingerprint density at radius 1 is 1.29 bits per heavy atom. The fraction of sp³-hybridized carbons (Fsp3) is 0.538. The van der Waals surface area contributed by atoms with Gasteiger partial charge in [-0.1, -0.05) is 30.4 Å². The topological polar surface area (TPSA) is 12.0 Å². The van der Waals surface area contributed by atoms with Gasteiger partial charge in [-0.25, -0.2) is 0 Å². The average Bonchev–Trinajstić information content (AvgIpc) is 2.20. The predicted octanol–water partition coefficient (Wildman–Crippen LogP) is 3.06. The molecule has 78 valence electrons. The van der Waals surface area contributed by atoms with E-state index in [4.69, 9.17) is 0 Å². The summed E-state index contributed by atoms with van der Waals surface area (Å²) in [5, 5.41) is 3.39. The minimum atomic E-state index is 0.747. The summed E-state index contributed by atoms with van der Waals surface area (Å²) in [6, 6.07) is 0. The van der Waals surface area contributed by atoms with Crippen molar-refractivity contribution < 1.29 is 0 Å². The van der Waals surface area contributed by atoms with Crippen molar-refractivity contribution in [2.45, 2.75) is 26.7 Å². The molecule has 0 aromatic carbocycles. The Bertz CT molecular complexity index is 242. The van der Waals surface area contributed by atoms with Gasteiger partial charge in [0.25, 0.3) is 0 Å². The molecule has 1 aliphatic rings. The molecule has 0 spiro atoms. The van der Waals surface area contributed by atoms with Gasteiger partial charge in [0.2, 0.25) is 0 Å². The van der Waals surface area contributed by atoms with E-state index in [0.717, 1.165) is 24.6 Å². The summed E-state index contributed by atoms with van der Waals surface area (Å²) in [6.07, 6.45) is 9.09. The van der Waals surface area contributed by atoms with Crippen molar-refractivity contribution in [3.05, 3.63) is 36.0 Å². The summed E-state index contributed by atoms with van der Waals surface area (Å²) in [4.78, 5) is 0. The van der Waals surface area contributed by atoms with E-state index in [0.29, 0.717) is 0 Å². The Balaban J connectivity index is 2.57. The normalized spacial score (nSPS) is 20.3. The molecule has 0 radical (unpaired) electrons. The molecule has 1 heterocycles. The van der Waals surface area contributed by atoms with Crippen LogP contribution in [0.1, 0.15) is 26.7 Å². The Morgan fingerprint density at radius 3 is 2.43 bits per heavy atom. The molecule has 1 fully saturated rings. The molecule has 0 aromatic rings. The highest BCUT2D eigenvalue weighted by Crippen LogP contribution is 2.22. The maximum Gasteiger partial charge on any atom is -0.00431 e. The zero-order valence-electron chi connectivity index (χ0n) is 9.34. The second-order valence-corrected chi connectivity index (χ2v) is 3.99. The first-order chi connectivity index (χ1) is 6.74. The number of nitrogens with one attached hydrogen (secondary N) is 1. The van der Waals surface area contributed by atoms with Crippen molar-refractivity contribution in [1.29, 1.82) is 0 Å². The van der Waals surface area contributed by atoms with Crippen LogP contribution in [-0.2, 0) is 0 Å².